The summed E-state index contributed by atoms with van der Waals surface area (Å²) in [5.74, 6) is 1.92. The second-order valence-electron chi connectivity index (χ2n) is 3.18. The molecule has 2 aromatic heterocycles. The van der Waals surface area contributed by atoms with Crippen LogP contribution in [0.4, 0.5) is 0 Å². The minimum atomic E-state index is 0.748. The summed E-state index contributed by atoms with van der Waals surface area (Å²) in [6.07, 6.45) is 3.39. The molecule has 2 heterocycles. The highest BCUT2D eigenvalue weighted by Crippen LogP contribution is 2.08. The highest BCUT2D eigenvalue weighted by Gasteiger charge is 2.00. The first-order valence-electron chi connectivity index (χ1n) is 4.62. The summed E-state index contributed by atoms with van der Waals surface area (Å²) in [7, 11) is 0. The Kier molecular flexibility index (Phi) is 2.70. The topological polar surface area (TPSA) is 38.3 Å². The van der Waals surface area contributed by atoms with Crippen LogP contribution in [0, 0.1) is 6.92 Å². The van der Waals surface area contributed by atoms with Gasteiger partial charge in [0.2, 0.25) is 0 Å². The van der Waals surface area contributed by atoms with Gasteiger partial charge in [-0.25, -0.2) is 0 Å². The average molecular weight is 191 g/mol. The largest absolute Gasteiger partial charge is 0.469 e. The lowest BCUT2D eigenvalue weighted by Gasteiger charge is -2.00. The van der Waals surface area contributed by atoms with Crippen molar-refractivity contribution < 1.29 is 8.83 Å². The van der Waals surface area contributed by atoms with Crippen LogP contribution in [0.5, 0.6) is 0 Å². The van der Waals surface area contributed by atoms with Crippen LogP contribution in [0.15, 0.2) is 39.6 Å². The molecule has 3 heteroatoms. The van der Waals surface area contributed by atoms with Gasteiger partial charge in [0.05, 0.1) is 19.1 Å². The molecule has 2 rings (SSSR count). The average Bonchev–Trinajstić information content (AvgIpc) is 2.78. The van der Waals surface area contributed by atoms with Gasteiger partial charge in [-0.05, 0) is 25.1 Å². The lowest BCUT2D eigenvalue weighted by molar-refractivity contribution is 0.480. The Hall–Kier alpha value is -1.48. The fraction of sp³-hybridized carbons (Fsp3) is 0.273. The molecule has 0 saturated heterocycles. The van der Waals surface area contributed by atoms with E-state index in [4.69, 9.17) is 8.83 Å². The molecule has 0 aliphatic carbocycles. The Morgan fingerprint density at radius 2 is 2.07 bits per heavy atom. The van der Waals surface area contributed by atoms with Gasteiger partial charge in [0, 0.05) is 12.1 Å². The predicted molar refractivity (Wildman–Crippen MR) is 52.7 cm³/mol. The predicted octanol–water partition coefficient (Wildman–Crippen LogP) is 2.47. The van der Waals surface area contributed by atoms with E-state index in [2.05, 4.69) is 5.32 Å². The SMILES string of the molecule is Cc1occc1CNCc1ccco1. The number of rotatable bonds is 4. The number of hydrogen-bond acceptors (Lipinski definition) is 3. The van der Waals surface area contributed by atoms with Gasteiger partial charge in [0.15, 0.2) is 0 Å². The van der Waals surface area contributed by atoms with Crippen molar-refractivity contribution in [2.24, 2.45) is 0 Å². The minimum absolute atomic E-state index is 0.748. The van der Waals surface area contributed by atoms with Crippen molar-refractivity contribution in [2.45, 2.75) is 20.0 Å². The van der Waals surface area contributed by atoms with Crippen LogP contribution in [-0.2, 0) is 13.1 Å². The molecule has 0 spiro atoms. The second-order valence-corrected chi connectivity index (χ2v) is 3.18. The van der Waals surface area contributed by atoms with Gasteiger partial charge in [0.25, 0.3) is 0 Å². The van der Waals surface area contributed by atoms with Crippen LogP contribution in [0.25, 0.3) is 0 Å². The molecule has 14 heavy (non-hydrogen) atoms. The van der Waals surface area contributed by atoms with Gasteiger partial charge in [-0.3, -0.25) is 0 Å². The monoisotopic (exact) mass is 191 g/mol. The maximum atomic E-state index is 5.20. The molecular weight excluding hydrogens is 178 g/mol. The summed E-state index contributed by atoms with van der Waals surface area (Å²) in [5.41, 5.74) is 1.19. The van der Waals surface area contributed by atoms with E-state index < -0.39 is 0 Å². The summed E-state index contributed by atoms with van der Waals surface area (Å²) in [6, 6.07) is 5.82. The smallest absolute Gasteiger partial charge is 0.117 e. The highest BCUT2D eigenvalue weighted by molar-refractivity contribution is 5.15. The maximum absolute atomic E-state index is 5.20. The van der Waals surface area contributed by atoms with Crippen molar-refractivity contribution in [3.8, 4) is 0 Å². The number of hydrogen-bond donors (Lipinski definition) is 1. The van der Waals surface area contributed by atoms with E-state index in [0.29, 0.717) is 0 Å². The van der Waals surface area contributed by atoms with Gasteiger partial charge in [-0.2, -0.15) is 0 Å². The molecular formula is C11H13NO2. The van der Waals surface area contributed by atoms with E-state index in [1.807, 2.05) is 25.1 Å². The van der Waals surface area contributed by atoms with Gasteiger partial charge in [-0.15, -0.1) is 0 Å². The summed E-state index contributed by atoms with van der Waals surface area (Å²) in [4.78, 5) is 0. The van der Waals surface area contributed by atoms with Crippen molar-refractivity contribution in [2.75, 3.05) is 0 Å². The molecule has 0 atom stereocenters. The van der Waals surface area contributed by atoms with E-state index in [1.165, 1.54) is 5.56 Å². The number of furan rings is 2. The molecule has 0 bridgehead atoms. The van der Waals surface area contributed by atoms with Crippen LogP contribution in [0.2, 0.25) is 0 Å². The molecule has 1 N–H and O–H groups in total. The number of aryl methyl sites for hydroxylation is 1. The Bertz CT molecular complexity index is 376. The van der Waals surface area contributed by atoms with Gasteiger partial charge in [-0.1, -0.05) is 0 Å². The standard InChI is InChI=1S/C11H13NO2/c1-9-10(4-6-13-9)7-12-8-11-3-2-5-14-11/h2-6,12H,7-8H2,1H3. The third kappa shape index (κ3) is 2.06. The Morgan fingerprint density at radius 3 is 2.71 bits per heavy atom. The van der Waals surface area contributed by atoms with E-state index in [-0.39, 0.29) is 0 Å². The van der Waals surface area contributed by atoms with Crippen molar-refractivity contribution in [3.05, 3.63) is 47.8 Å². The van der Waals surface area contributed by atoms with E-state index in [1.54, 1.807) is 12.5 Å². The normalized spacial score (nSPS) is 10.6. The first-order valence-corrected chi connectivity index (χ1v) is 4.62. The van der Waals surface area contributed by atoms with Crippen molar-refractivity contribution in [1.29, 1.82) is 0 Å². The molecule has 0 radical (unpaired) electrons. The zero-order chi connectivity index (χ0) is 9.80. The van der Waals surface area contributed by atoms with E-state index in [9.17, 15) is 0 Å². The Labute approximate surface area is 82.7 Å². The fourth-order valence-corrected chi connectivity index (χ4v) is 1.33. The molecule has 0 aliphatic rings. The van der Waals surface area contributed by atoms with Gasteiger partial charge >= 0.3 is 0 Å². The molecule has 0 aromatic carbocycles. The van der Waals surface area contributed by atoms with Crippen molar-refractivity contribution in [3.63, 3.8) is 0 Å². The summed E-state index contributed by atoms with van der Waals surface area (Å²) in [5, 5.41) is 3.28. The fourth-order valence-electron chi connectivity index (χ4n) is 1.33. The maximum Gasteiger partial charge on any atom is 0.117 e. The van der Waals surface area contributed by atoms with Crippen molar-refractivity contribution in [1.82, 2.24) is 5.32 Å². The molecule has 2 aromatic rings. The quantitative estimate of drug-likeness (QED) is 0.806. The Balaban J connectivity index is 1.81. The van der Waals surface area contributed by atoms with Crippen LogP contribution in [0.3, 0.4) is 0 Å². The number of nitrogens with one attached hydrogen (secondary N) is 1. The first-order chi connectivity index (χ1) is 6.86. The molecule has 3 nitrogen and oxygen atoms in total. The lowest BCUT2D eigenvalue weighted by atomic mass is 10.2. The molecule has 0 fully saturated rings. The van der Waals surface area contributed by atoms with Crippen LogP contribution in [0.1, 0.15) is 17.1 Å². The third-order valence-corrected chi connectivity index (χ3v) is 2.16. The molecule has 0 saturated carbocycles. The van der Waals surface area contributed by atoms with E-state index >= 15 is 0 Å². The summed E-state index contributed by atoms with van der Waals surface area (Å²) >= 11 is 0. The minimum Gasteiger partial charge on any atom is -0.469 e. The Morgan fingerprint density at radius 1 is 1.14 bits per heavy atom. The third-order valence-electron chi connectivity index (χ3n) is 2.16. The zero-order valence-electron chi connectivity index (χ0n) is 8.12. The molecule has 74 valence electrons. The molecule has 0 unspecified atom stereocenters. The van der Waals surface area contributed by atoms with E-state index in [0.717, 1.165) is 24.6 Å². The van der Waals surface area contributed by atoms with Gasteiger partial charge in [0.1, 0.15) is 11.5 Å². The molecule has 0 aliphatic heterocycles. The zero-order valence-corrected chi connectivity index (χ0v) is 8.12. The second kappa shape index (κ2) is 4.15. The van der Waals surface area contributed by atoms with Crippen LogP contribution < -0.4 is 5.32 Å². The summed E-state index contributed by atoms with van der Waals surface area (Å²) in [6.45, 7) is 3.52. The molecule has 0 amide bonds. The summed E-state index contributed by atoms with van der Waals surface area (Å²) < 4.78 is 10.4. The van der Waals surface area contributed by atoms with Gasteiger partial charge < -0.3 is 14.2 Å². The lowest BCUT2D eigenvalue weighted by Crippen LogP contribution is -2.12. The first kappa shape index (κ1) is 9.09. The highest BCUT2D eigenvalue weighted by atomic mass is 16.3. The van der Waals surface area contributed by atoms with Crippen molar-refractivity contribution >= 4 is 0 Å². The van der Waals surface area contributed by atoms with Crippen LogP contribution >= 0.6 is 0 Å². The van der Waals surface area contributed by atoms with Crippen LogP contribution in [-0.4, -0.2) is 0 Å².